The molecule has 4 rings (SSSR count). The molecule has 0 aromatic rings. The number of aliphatic hydroxyl groups is 1. The summed E-state index contributed by atoms with van der Waals surface area (Å²) in [6, 6.07) is 0. The van der Waals surface area contributed by atoms with Crippen LogP contribution in [0.5, 0.6) is 0 Å². The average molecular weight is 274 g/mol. The molecule has 0 amide bonds. The molecule has 0 spiro atoms. The van der Waals surface area contributed by atoms with Gasteiger partial charge in [0.1, 0.15) is 0 Å². The first-order valence-corrected chi connectivity index (χ1v) is 8.89. The zero-order chi connectivity index (χ0) is 14.0. The number of rotatable bonds is 0. The van der Waals surface area contributed by atoms with Crippen molar-refractivity contribution >= 4 is 0 Å². The topological polar surface area (TPSA) is 20.2 Å². The van der Waals surface area contributed by atoms with Gasteiger partial charge in [0.2, 0.25) is 0 Å². The number of allylic oxidation sites excluding steroid dienone is 2. The first kappa shape index (κ1) is 13.4. The number of hydrogen-bond acceptors (Lipinski definition) is 1. The Kier molecular flexibility index (Phi) is 2.91. The van der Waals surface area contributed by atoms with Gasteiger partial charge >= 0.3 is 0 Å². The molecule has 20 heavy (non-hydrogen) atoms. The lowest BCUT2D eigenvalue weighted by atomic mass is 9.45. The van der Waals surface area contributed by atoms with Crippen molar-refractivity contribution < 1.29 is 5.11 Å². The largest absolute Gasteiger partial charge is 0.393 e. The van der Waals surface area contributed by atoms with Gasteiger partial charge in [-0.05, 0) is 85.9 Å². The van der Waals surface area contributed by atoms with Gasteiger partial charge in [-0.15, -0.1) is 0 Å². The fourth-order valence-electron chi connectivity index (χ4n) is 6.72. The molecule has 3 fully saturated rings. The monoisotopic (exact) mass is 274 g/mol. The van der Waals surface area contributed by atoms with Gasteiger partial charge in [-0.1, -0.05) is 26.0 Å². The molecule has 1 N–H and O–H groups in total. The Morgan fingerprint density at radius 2 is 1.85 bits per heavy atom. The predicted octanol–water partition coefficient (Wildman–Crippen LogP) is 4.56. The van der Waals surface area contributed by atoms with Crippen LogP contribution < -0.4 is 0 Å². The van der Waals surface area contributed by atoms with E-state index in [2.05, 4.69) is 26.0 Å². The second-order valence-electron chi connectivity index (χ2n) is 8.77. The van der Waals surface area contributed by atoms with Crippen molar-refractivity contribution in [2.24, 2.45) is 34.5 Å². The highest BCUT2D eigenvalue weighted by Gasteiger charge is 2.56. The van der Waals surface area contributed by atoms with Gasteiger partial charge in [0.25, 0.3) is 0 Å². The van der Waals surface area contributed by atoms with Crippen LogP contribution >= 0.6 is 0 Å². The molecule has 112 valence electrons. The van der Waals surface area contributed by atoms with Crippen molar-refractivity contribution in [3.8, 4) is 0 Å². The maximum absolute atomic E-state index is 10.0. The first-order valence-electron chi connectivity index (χ1n) is 8.89. The summed E-state index contributed by atoms with van der Waals surface area (Å²) in [5.74, 6) is 3.61. The van der Waals surface area contributed by atoms with Crippen LogP contribution in [0.3, 0.4) is 0 Å². The van der Waals surface area contributed by atoms with E-state index in [1.807, 2.05) is 0 Å². The Bertz CT molecular complexity index is 427. The highest BCUT2D eigenvalue weighted by Crippen LogP contribution is 2.64. The number of hydrogen-bond donors (Lipinski definition) is 1. The third kappa shape index (κ3) is 1.71. The summed E-state index contributed by atoms with van der Waals surface area (Å²) in [6.45, 7) is 5.09. The van der Waals surface area contributed by atoms with E-state index in [4.69, 9.17) is 0 Å². The molecule has 0 radical (unpaired) electrons. The van der Waals surface area contributed by atoms with Gasteiger partial charge in [-0.2, -0.15) is 0 Å². The minimum atomic E-state index is -0.00775. The van der Waals surface area contributed by atoms with Gasteiger partial charge < -0.3 is 5.11 Å². The lowest BCUT2D eigenvalue weighted by Gasteiger charge is -2.60. The normalized spacial score (nSPS) is 57.9. The van der Waals surface area contributed by atoms with Crippen molar-refractivity contribution in [2.75, 3.05) is 0 Å². The van der Waals surface area contributed by atoms with Crippen molar-refractivity contribution in [3.63, 3.8) is 0 Å². The molecular weight excluding hydrogens is 244 g/mol. The first-order chi connectivity index (χ1) is 9.53. The highest BCUT2D eigenvalue weighted by atomic mass is 16.3. The quantitative estimate of drug-likeness (QED) is 0.642. The molecule has 4 aliphatic rings. The third-order valence-electron chi connectivity index (χ3n) is 7.96. The zero-order valence-corrected chi connectivity index (χ0v) is 13.1. The smallest absolute Gasteiger partial charge is 0.0543 e. The Morgan fingerprint density at radius 3 is 2.70 bits per heavy atom. The van der Waals surface area contributed by atoms with Crippen LogP contribution in [-0.2, 0) is 0 Å². The van der Waals surface area contributed by atoms with Crippen LogP contribution in [0, 0.1) is 34.5 Å². The molecule has 0 heterocycles. The second kappa shape index (κ2) is 4.35. The Balaban J connectivity index is 1.63. The number of fused-ring (bicyclic) bond motifs is 5. The van der Waals surface area contributed by atoms with Gasteiger partial charge in [-0.3, -0.25) is 0 Å². The van der Waals surface area contributed by atoms with E-state index in [1.54, 1.807) is 0 Å². The molecule has 1 nitrogen and oxygen atoms in total. The molecule has 0 aliphatic heterocycles. The van der Waals surface area contributed by atoms with E-state index < -0.39 is 0 Å². The van der Waals surface area contributed by atoms with Crippen molar-refractivity contribution in [3.05, 3.63) is 12.2 Å². The fraction of sp³-hybridized carbons (Fsp3) is 0.895. The highest BCUT2D eigenvalue weighted by molar-refractivity contribution is 5.16. The summed E-state index contributed by atoms with van der Waals surface area (Å²) in [4.78, 5) is 0. The Labute approximate surface area is 123 Å². The van der Waals surface area contributed by atoms with E-state index in [1.165, 1.54) is 38.5 Å². The maximum atomic E-state index is 10.0. The van der Waals surface area contributed by atoms with Crippen LogP contribution in [0.25, 0.3) is 0 Å². The van der Waals surface area contributed by atoms with E-state index >= 15 is 0 Å². The lowest BCUT2D eigenvalue weighted by molar-refractivity contribution is -0.116. The molecule has 1 heteroatoms. The Morgan fingerprint density at radius 1 is 1.00 bits per heavy atom. The summed E-state index contributed by atoms with van der Waals surface area (Å²) >= 11 is 0. The summed E-state index contributed by atoms with van der Waals surface area (Å²) in [6.07, 6.45) is 15.4. The van der Waals surface area contributed by atoms with Gasteiger partial charge in [0.15, 0.2) is 0 Å². The molecule has 0 aromatic heterocycles. The van der Waals surface area contributed by atoms with E-state index in [0.29, 0.717) is 10.8 Å². The van der Waals surface area contributed by atoms with Gasteiger partial charge in [0.05, 0.1) is 6.10 Å². The van der Waals surface area contributed by atoms with Gasteiger partial charge in [0, 0.05) is 0 Å². The SMILES string of the molecule is C[C@]12CC[C@@H](O)C[C@@H]1CC[C@@H]1[C@H]2CC[C@]2(C)C=CC[C@@H]12. The van der Waals surface area contributed by atoms with E-state index in [9.17, 15) is 5.11 Å². The summed E-state index contributed by atoms with van der Waals surface area (Å²) in [5, 5.41) is 10.0. The molecular formula is C19H30O. The van der Waals surface area contributed by atoms with Crippen molar-refractivity contribution in [1.29, 1.82) is 0 Å². The zero-order valence-electron chi connectivity index (χ0n) is 13.1. The van der Waals surface area contributed by atoms with Crippen LogP contribution in [-0.4, -0.2) is 11.2 Å². The minimum Gasteiger partial charge on any atom is -0.393 e. The predicted molar refractivity (Wildman–Crippen MR) is 82.3 cm³/mol. The summed E-state index contributed by atoms with van der Waals surface area (Å²) < 4.78 is 0. The van der Waals surface area contributed by atoms with Crippen LogP contribution in [0.15, 0.2) is 12.2 Å². The molecule has 7 atom stereocenters. The van der Waals surface area contributed by atoms with Crippen molar-refractivity contribution in [2.45, 2.75) is 71.3 Å². The Hall–Kier alpha value is -0.300. The summed E-state index contributed by atoms with van der Waals surface area (Å²) in [7, 11) is 0. The van der Waals surface area contributed by atoms with E-state index in [-0.39, 0.29) is 6.10 Å². The molecule has 3 saturated carbocycles. The third-order valence-corrected chi connectivity index (χ3v) is 7.96. The average Bonchev–Trinajstić information content (AvgIpc) is 2.81. The standard InChI is InChI=1S/C19H30O/c1-18-9-3-4-16(18)15-6-5-13-12-14(20)7-11-19(13,2)17(15)8-10-18/h3,9,13-17,20H,4-8,10-12H2,1-2H3/t13-,14+,15-,16-,17+,18-,19-/m0/s1. The number of aliphatic hydroxyl groups excluding tert-OH is 1. The fourth-order valence-corrected chi connectivity index (χ4v) is 6.72. The van der Waals surface area contributed by atoms with Crippen molar-refractivity contribution in [1.82, 2.24) is 0 Å². The molecule has 0 bridgehead atoms. The van der Waals surface area contributed by atoms with Crippen LogP contribution in [0.4, 0.5) is 0 Å². The summed E-state index contributed by atoms with van der Waals surface area (Å²) in [5.41, 5.74) is 1.05. The maximum Gasteiger partial charge on any atom is 0.0543 e. The molecule has 0 saturated heterocycles. The molecule has 4 aliphatic carbocycles. The molecule has 0 unspecified atom stereocenters. The minimum absolute atomic E-state index is 0.00775. The van der Waals surface area contributed by atoms with Crippen LogP contribution in [0.1, 0.15) is 65.2 Å². The van der Waals surface area contributed by atoms with E-state index in [0.717, 1.165) is 36.5 Å². The van der Waals surface area contributed by atoms with Gasteiger partial charge in [-0.25, -0.2) is 0 Å². The second-order valence-corrected chi connectivity index (χ2v) is 8.77. The lowest BCUT2D eigenvalue weighted by Crippen LogP contribution is -2.53. The van der Waals surface area contributed by atoms with Crippen LogP contribution in [0.2, 0.25) is 0 Å². The molecule has 0 aromatic carbocycles.